The number of hydrogen-bond donors (Lipinski definition) is 1. The van der Waals surface area contributed by atoms with Crippen molar-refractivity contribution in [1.29, 1.82) is 0 Å². The molecule has 0 spiro atoms. The van der Waals surface area contributed by atoms with Crippen LogP contribution in [-0.2, 0) is 4.74 Å². The minimum absolute atomic E-state index is 0.339. The van der Waals surface area contributed by atoms with E-state index in [2.05, 4.69) is 20.2 Å². The standard InChI is InChI=1S/C8H8ClN3O2/c1-14-5-11-12-8(13)6-2-7(9)4-10-3-6/h2-5H,1H3,(H,12,13)/b11-5-. The summed E-state index contributed by atoms with van der Waals surface area (Å²) in [6, 6.07) is 1.49. The number of methoxy groups -OCH3 is 1. The molecular weight excluding hydrogens is 206 g/mol. The maximum absolute atomic E-state index is 11.3. The average Bonchev–Trinajstić information content (AvgIpc) is 2.18. The van der Waals surface area contributed by atoms with Crippen LogP contribution >= 0.6 is 11.6 Å². The highest BCUT2D eigenvalue weighted by atomic mass is 35.5. The van der Waals surface area contributed by atoms with Crippen molar-refractivity contribution in [2.45, 2.75) is 0 Å². The lowest BCUT2D eigenvalue weighted by Gasteiger charge is -1.98. The molecule has 0 atom stereocenters. The van der Waals surface area contributed by atoms with E-state index in [1.165, 1.54) is 25.6 Å². The molecule has 0 saturated carbocycles. The molecule has 0 aromatic carbocycles. The number of halogens is 1. The van der Waals surface area contributed by atoms with Gasteiger partial charge in [0.15, 0.2) is 6.40 Å². The fraction of sp³-hybridized carbons (Fsp3) is 0.125. The smallest absolute Gasteiger partial charge is 0.273 e. The predicted molar refractivity (Wildman–Crippen MR) is 52.2 cm³/mol. The Balaban J connectivity index is 2.65. The molecule has 1 heterocycles. The number of hydrogen-bond acceptors (Lipinski definition) is 4. The Morgan fingerprint density at radius 1 is 1.71 bits per heavy atom. The summed E-state index contributed by atoms with van der Waals surface area (Å²) in [5.74, 6) is -0.395. The molecule has 0 aliphatic carbocycles. The molecule has 0 aliphatic rings. The second-order valence-corrected chi connectivity index (χ2v) is 2.74. The molecule has 0 unspecified atom stereocenters. The number of carbonyl (C=O) groups excluding carboxylic acids is 1. The van der Waals surface area contributed by atoms with Crippen LogP contribution in [0.3, 0.4) is 0 Å². The number of carbonyl (C=O) groups is 1. The Hall–Kier alpha value is -1.62. The number of nitrogens with zero attached hydrogens (tertiary/aromatic N) is 2. The zero-order valence-electron chi connectivity index (χ0n) is 7.40. The van der Waals surface area contributed by atoms with E-state index < -0.39 is 5.91 Å². The topological polar surface area (TPSA) is 63.6 Å². The molecule has 0 saturated heterocycles. The number of pyridine rings is 1. The summed E-state index contributed by atoms with van der Waals surface area (Å²) in [6.45, 7) is 0. The number of nitrogens with one attached hydrogen (secondary N) is 1. The highest BCUT2D eigenvalue weighted by Gasteiger charge is 2.04. The van der Waals surface area contributed by atoms with E-state index in [9.17, 15) is 4.79 Å². The van der Waals surface area contributed by atoms with Crippen LogP contribution in [-0.4, -0.2) is 24.4 Å². The lowest BCUT2D eigenvalue weighted by atomic mass is 10.3. The predicted octanol–water partition coefficient (Wildman–Crippen LogP) is 1.05. The molecule has 1 N–H and O–H groups in total. The van der Waals surface area contributed by atoms with E-state index in [1.54, 1.807) is 0 Å². The quantitative estimate of drug-likeness (QED) is 0.464. The molecule has 0 aliphatic heterocycles. The van der Waals surface area contributed by atoms with Gasteiger partial charge in [0.1, 0.15) is 0 Å². The lowest BCUT2D eigenvalue weighted by molar-refractivity contribution is 0.0953. The van der Waals surface area contributed by atoms with Crippen LogP contribution in [0.4, 0.5) is 0 Å². The first-order chi connectivity index (χ1) is 6.74. The van der Waals surface area contributed by atoms with Gasteiger partial charge in [-0.15, -0.1) is 5.10 Å². The SMILES string of the molecule is CO/C=N\NC(=O)c1cncc(Cl)c1. The molecule has 1 rings (SSSR count). The third kappa shape index (κ3) is 3.02. The van der Waals surface area contributed by atoms with Crippen molar-refractivity contribution in [1.82, 2.24) is 10.4 Å². The van der Waals surface area contributed by atoms with Crippen LogP contribution < -0.4 is 5.43 Å². The summed E-state index contributed by atoms with van der Waals surface area (Å²) in [6.07, 6.45) is 3.94. The Labute approximate surface area is 85.7 Å². The number of hydrazone groups is 1. The van der Waals surface area contributed by atoms with Gasteiger partial charge in [-0.25, -0.2) is 5.43 Å². The van der Waals surface area contributed by atoms with E-state index in [-0.39, 0.29) is 0 Å². The first-order valence-corrected chi connectivity index (χ1v) is 4.07. The third-order valence-electron chi connectivity index (χ3n) is 1.29. The number of aromatic nitrogens is 1. The fourth-order valence-electron chi connectivity index (χ4n) is 0.738. The molecule has 0 bridgehead atoms. The number of ether oxygens (including phenoxy) is 1. The van der Waals surface area contributed by atoms with Gasteiger partial charge >= 0.3 is 0 Å². The van der Waals surface area contributed by atoms with Crippen molar-refractivity contribution in [3.8, 4) is 0 Å². The molecule has 5 nitrogen and oxygen atoms in total. The molecule has 1 amide bonds. The maximum atomic E-state index is 11.3. The monoisotopic (exact) mass is 213 g/mol. The normalized spacial score (nSPS) is 10.1. The van der Waals surface area contributed by atoms with Crippen LogP contribution in [0.5, 0.6) is 0 Å². The van der Waals surface area contributed by atoms with Crippen LogP contribution in [0.15, 0.2) is 23.6 Å². The summed E-state index contributed by atoms with van der Waals surface area (Å²) >= 11 is 5.64. The van der Waals surface area contributed by atoms with Gasteiger partial charge in [-0.2, -0.15) is 0 Å². The van der Waals surface area contributed by atoms with Crippen LogP contribution in [0.25, 0.3) is 0 Å². The van der Waals surface area contributed by atoms with E-state index in [4.69, 9.17) is 11.6 Å². The molecule has 14 heavy (non-hydrogen) atoms. The molecule has 6 heteroatoms. The zero-order valence-corrected chi connectivity index (χ0v) is 8.15. The van der Waals surface area contributed by atoms with Gasteiger partial charge in [-0.1, -0.05) is 11.6 Å². The van der Waals surface area contributed by atoms with E-state index >= 15 is 0 Å². The first kappa shape index (κ1) is 10.5. The van der Waals surface area contributed by atoms with Crippen LogP contribution in [0.2, 0.25) is 5.02 Å². The van der Waals surface area contributed by atoms with Gasteiger partial charge in [-0.3, -0.25) is 9.78 Å². The Morgan fingerprint density at radius 3 is 3.14 bits per heavy atom. The summed E-state index contributed by atoms with van der Waals surface area (Å²) in [5, 5.41) is 3.87. The van der Waals surface area contributed by atoms with Crippen molar-refractivity contribution in [2.24, 2.45) is 5.10 Å². The van der Waals surface area contributed by atoms with Gasteiger partial charge in [0.2, 0.25) is 0 Å². The number of amides is 1. The van der Waals surface area contributed by atoms with Gasteiger partial charge < -0.3 is 4.74 Å². The minimum atomic E-state index is -0.395. The molecule has 1 aromatic heterocycles. The Kier molecular flexibility index (Phi) is 3.87. The second-order valence-electron chi connectivity index (χ2n) is 2.30. The average molecular weight is 214 g/mol. The highest BCUT2D eigenvalue weighted by Crippen LogP contribution is 2.07. The van der Waals surface area contributed by atoms with Gasteiger partial charge in [0.05, 0.1) is 17.7 Å². The van der Waals surface area contributed by atoms with Crippen molar-refractivity contribution < 1.29 is 9.53 Å². The van der Waals surface area contributed by atoms with Gasteiger partial charge in [0, 0.05) is 12.4 Å². The largest absolute Gasteiger partial charge is 0.485 e. The van der Waals surface area contributed by atoms with Crippen LogP contribution in [0, 0.1) is 0 Å². The summed E-state index contributed by atoms with van der Waals surface area (Å²) in [4.78, 5) is 15.1. The summed E-state index contributed by atoms with van der Waals surface area (Å²) in [7, 11) is 1.43. The maximum Gasteiger partial charge on any atom is 0.273 e. The van der Waals surface area contributed by atoms with Gasteiger partial charge in [-0.05, 0) is 6.07 Å². The Morgan fingerprint density at radius 2 is 2.50 bits per heavy atom. The molecule has 0 fully saturated rings. The van der Waals surface area contributed by atoms with Crippen molar-refractivity contribution in [3.63, 3.8) is 0 Å². The zero-order chi connectivity index (χ0) is 10.4. The minimum Gasteiger partial charge on any atom is -0.485 e. The van der Waals surface area contributed by atoms with Crippen molar-refractivity contribution in [2.75, 3.05) is 7.11 Å². The van der Waals surface area contributed by atoms with E-state index in [0.29, 0.717) is 10.6 Å². The highest BCUT2D eigenvalue weighted by molar-refractivity contribution is 6.30. The van der Waals surface area contributed by atoms with Gasteiger partial charge in [0.25, 0.3) is 5.91 Å². The summed E-state index contributed by atoms with van der Waals surface area (Å²) < 4.78 is 4.50. The second kappa shape index (κ2) is 5.18. The van der Waals surface area contributed by atoms with Crippen molar-refractivity contribution in [3.05, 3.63) is 29.0 Å². The first-order valence-electron chi connectivity index (χ1n) is 3.69. The molecule has 1 aromatic rings. The van der Waals surface area contributed by atoms with E-state index in [1.807, 2.05) is 0 Å². The Bertz CT molecular complexity index is 354. The third-order valence-corrected chi connectivity index (χ3v) is 1.50. The molecule has 74 valence electrons. The fourth-order valence-corrected chi connectivity index (χ4v) is 0.912. The van der Waals surface area contributed by atoms with Crippen LogP contribution in [0.1, 0.15) is 10.4 Å². The van der Waals surface area contributed by atoms with Crippen molar-refractivity contribution >= 4 is 23.9 Å². The molecular formula is C8H8ClN3O2. The molecule has 0 radical (unpaired) electrons. The van der Waals surface area contributed by atoms with E-state index in [0.717, 1.165) is 6.40 Å². The number of rotatable bonds is 3. The lowest BCUT2D eigenvalue weighted by Crippen LogP contribution is -2.17. The summed E-state index contributed by atoms with van der Waals surface area (Å²) in [5.41, 5.74) is 2.57.